The first kappa shape index (κ1) is 25.7. The highest BCUT2D eigenvalue weighted by atomic mass is 35.5. The van der Waals surface area contributed by atoms with Gasteiger partial charge < -0.3 is 24.3 Å². The van der Waals surface area contributed by atoms with Crippen molar-refractivity contribution in [1.82, 2.24) is 20.3 Å². The van der Waals surface area contributed by atoms with Gasteiger partial charge in [-0.3, -0.25) is 14.8 Å². The normalized spacial score (nSPS) is 14.0. The molecule has 3 N–H and O–H groups in total. The van der Waals surface area contributed by atoms with Gasteiger partial charge in [-0.05, 0) is 37.5 Å². The predicted molar refractivity (Wildman–Crippen MR) is 125 cm³/mol. The van der Waals surface area contributed by atoms with Gasteiger partial charge in [0.15, 0.2) is 5.75 Å². The van der Waals surface area contributed by atoms with Gasteiger partial charge in [0.1, 0.15) is 17.9 Å². The number of rotatable bonds is 7. The van der Waals surface area contributed by atoms with E-state index in [1.54, 1.807) is 42.6 Å². The van der Waals surface area contributed by atoms with E-state index in [2.05, 4.69) is 5.32 Å². The van der Waals surface area contributed by atoms with Crippen LogP contribution in [0.25, 0.3) is 0 Å². The number of aromatic nitrogens is 1. The maximum absolute atomic E-state index is 13.2. The van der Waals surface area contributed by atoms with Crippen molar-refractivity contribution >= 4 is 41.1 Å². The molecule has 3 rings (SSSR count). The summed E-state index contributed by atoms with van der Waals surface area (Å²) in [6.07, 6.45) is 2.14. The monoisotopic (exact) mass is 512 g/mol. The fourth-order valence-electron chi connectivity index (χ4n) is 3.70. The minimum atomic E-state index is -0.818. The summed E-state index contributed by atoms with van der Waals surface area (Å²) in [4.78, 5) is 38.8. The molecule has 0 saturated carbocycles. The van der Waals surface area contributed by atoms with E-state index in [1.807, 2.05) is 0 Å². The lowest BCUT2D eigenvalue weighted by Gasteiger charge is -2.31. The fraction of sp³-hybridized carbons (Fsp3) is 0.409. The van der Waals surface area contributed by atoms with Gasteiger partial charge in [0.2, 0.25) is 0 Å². The highest BCUT2D eigenvalue weighted by molar-refractivity contribution is 6.42. The Balaban J connectivity index is 1.75. The van der Waals surface area contributed by atoms with Crippen LogP contribution < -0.4 is 15.5 Å². The van der Waals surface area contributed by atoms with Crippen LogP contribution in [0.4, 0.5) is 4.79 Å². The minimum absolute atomic E-state index is 0.00478. The highest BCUT2D eigenvalue weighted by Crippen LogP contribution is 2.29. The van der Waals surface area contributed by atoms with E-state index in [-0.39, 0.29) is 35.7 Å². The average Bonchev–Trinajstić information content (AvgIpc) is 3.16. The van der Waals surface area contributed by atoms with Gasteiger partial charge in [0.25, 0.3) is 11.8 Å². The zero-order valence-corrected chi connectivity index (χ0v) is 20.3. The van der Waals surface area contributed by atoms with E-state index in [9.17, 15) is 14.4 Å². The van der Waals surface area contributed by atoms with Crippen molar-refractivity contribution in [3.05, 3.63) is 51.3 Å². The van der Waals surface area contributed by atoms with Gasteiger partial charge in [0.05, 0.1) is 16.7 Å². The van der Waals surface area contributed by atoms with Crippen LogP contribution in [0.2, 0.25) is 10.0 Å². The molecular weight excluding hydrogens is 487 g/mol. The molecule has 0 unspecified atom stereocenters. The molecule has 1 aliphatic rings. The first-order valence-corrected chi connectivity index (χ1v) is 11.4. The molecule has 1 fully saturated rings. The van der Waals surface area contributed by atoms with Crippen LogP contribution in [0.1, 0.15) is 46.2 Å². The summed E-state index contributed by atoms with van der Waals surface area (Å²) in [5.74, 6) is -1.25. The molecule has 0 spiro atoms. The number of hydroxylamine groups is 1. The van der Waals surface area contributed by atoms with Gasteiger partial charge in [-0.25, -0.2) is 10.3 Å². The molecule has 0 bridgehead atoms. The molecule has 2 aromatic rings. The number of amides is 3. The molecule has 0 radical (unpaired) electrons. The Morgan fingerprint density at radius 1 is 1.15 bits per heavy atom. The van der Waals surface area contributed by atoms with Crippen molar-refractivity contribution in [2.45, 2.75) is 32.4 Å². The molecule has 3 amide bonds. The summed E-state index contributed by atoms with van der Waals surface area (Å²) in [6.45, 7) is 2.96. The molecule has 1 saturated heterocycles. The fourth-order valence-corrected chi connectivity index (χ4v) is 4.02. The van der Waals surface area contributed by atoms with Gasteiger partial charge in [-0.15, -0.1) is 0 Å². The third-order valence-corrected chi connectivity index (χ3v) is 6.16. The Morgan fingerprint density at radius 3 is 2.47 bits per heavy atom. The average molecular weight is 513 g/mol. The highest BCUT2D eigenvalue weighted by Gasteiger charge is 2.29. The van der Waals surface area contributed by atoms with Crippen molar-refractivity contribution in [2.75, 3.05) is 19.7 Å². The van der Waals surface area contributed by atoms with Crippen molar-refractivity contribution in [3.8, 4) is 5.75 Å². The molecule has 10 nitrogen and oxygen atoms in total. The van der Waals surface area contributed by atoms with Crippen LogP contribution >= 0.6 is 23.2 Å². The third kappa shape index (κ3) is 5.94. The molecular formula is C22H26Cl2N4O6. The van der Waals surface area contributed by atoms with E-state index >= 15 is 0 Å². The molecule has 1 aromatic heterocycles. The quantitative estimate of drug-likeness (QED) is 0.386. The molecule has 1 aliphatic heterocycles. The number of likely N-dealkylation sites (tertiary alicyclic amines) is 1. The molecule has 0 atom stereocenters. The second kappa shape index (κ2) is 11.5. The number of nitrogens with zero attached hydrogens (tertiary/aromatic N) is 2. The van der Waals surface area contributed by atoms with Crippen LogP contribution in [0.15, 0.2) is 24.4 Å². The molecule has 34 heavy (non-hydrogen) atoms. The first-order chi connectivity index (χ1) is 16.2. The summed E-state index contributed by atoms with van der Waals surface area (Å²) in [7, 11) is 1.60. The summed E-state index contributed by atoms with van der Waals surface area (Å²) < 4.78 is 12.3. The Labute approximate surface area is 206 Å². The Kier molecular flexibility index (Phi) is 8.65. The van der Waals surface area contributed by atoms with Crippen LogP contribution in [-0.4, -0.2) is 58.3 Å². The van der Waals surface area contributed by atoms with Crippen LogP contribution in [-0.2, 0) is 18.4 Å². The number of piperidine rings is 1. The summed E-state index contributed by atoms with van der Waals surface area (Å²) in [6, 6.07) is 4.77. The van der Waals surface area contributed by atoms with E-state index in [0.717, 1.165) is 0 Å². The van der Waals surface area contributed by atoms with Crippen molar-refractivity contribution in [3.63, 3.8) is 0 Å². The molecule has 1 aromatic carbocycles. The molecule has 2 heterocycles. The Bertz CT molecular complexity index is 1070. The topological polar surface area (TPSA) is 122 Å². The number of halogens is 2. The van der Waals surface area contributed by atoms with Gasteiger partial charge in [-0.2, -0.15) is 0 Å². The molecule has 184 valence electrons. The van der Waals surface area contributed by atoms with E-state index in [0.29, 0.717) is 48.1 Å². The van der Waals surface area contributed by atoms with Crippen molar-refractivity contribution < 1.29 is 29.1 Å². The van der Waals surface area contributed by atoms with Crippen LogP contribution in [0.3, 0.4) is 0 Å². The molecule has 0 aliphatic carbocycles. The zero-order chi connectivity index (χ0) is 24.8. The van der Waals surface area contributed by atoms with E-state index in [4.69, 9.17) is 37.9 Å². The largest absolute Gasteiger partial charge is 0.486 e. The maximum Gasteiger partial charge on any atom is 0.409 e. The van der Waals surface area contributed by atoms with Crippen LogP contribution in [0.5, 0.6) is 5.75 Å². The lowest BCUT2D eigenvalue weighted by molar-refractivity contribution is 0.0702. The smallest absolute Gasteiger partial charge is 0.409 e. The summed E-state index contributed by atoms with van der Waals surface area (Å²) >= 11 is 12.0. The number of carbonyl (C=O) groups is 3. The number of hydrogen-bond acceptors (Lipinski definition) is 6. The summed E-state index contributed by atoms with van der Waals surface area (Å²) in [5, 5.41) is 12.8. The predicted octanol–water partition coefficient (Wildman–Crippen LogP) is 3.38. The van der Waals surface area contributed by atoms with Crippen molar-refractivity contribution in [1.29, 1.82) is 0 Å². The van der Waals surface area contributed by atoms with E-state index in [1.165, 1.54) is 10.8 Å². The Morgan fingerprint density at radius 2 is 1.85 bits per heavy atom. The lowest BCUT2D eigenvalue weighted by atomic mass is 10.1. The van der Waals surface area contributed by atoms with E-state index < -0.39 is 11.8 Å². The number of ether oxygens (including phenoxy) is 2. The maximum atomic E-state index is 13.2. The SMILES string of the molecule is CCOC(=O)N1CCC(NC(=O)c2c(OCc3ccc(Cl)c(Cl)c3)c(C(=O)NO)cn2C)CC1. The number of aryl methyl sites for hydroxylation is 1. The summed E-state index contributed by atoms with van der Waals surface area (Å²) in [5.41, 5.74) is 2.35. The third-order valence-electron chi connectivity index (χ3n) is 5.42. The number of hydrogen-bond donors (Lipinski definition) is 3. The second-order valence-corrected chi connectivity index (χ2v) is 8.56. The minimum Gasteiger partial charge on any atom is -0.486 e. The number of benzene rings is 1. The standard InChI is InChI=1S/C22H26Cl2N4O6/c1-3-33-22(31)28-8-6-14(7-9-28)25-21(30)18-19(15(11-27(18)2)20(29)26-32)34-12-13-4-5-16(23)17(24)10-13/h4-5,10-11,14,32H,3,6-9,12H2,1-2H3,(H,25,30)(H,26,29). The van der Waals surface area contributed by atoms with Crippen molar-refractivity contribution in [2.24, 2.45) is 7.05 Å². The van der Waals surface area contributed by atoms with Gasteiger partial charge in [-0.1, -0.05) is 29.3 Å². The van der Waals surface area contributed by atoms with Crippen LogP contribution in [0, 0.1) is 0 Å². The van der Waals surface area contributed by atoms with Gasteiger partial charge >= 0.3 is 6.09 Å². The zero-order valence-electron chi connectivity index (χ0n) is 18.8. The number of nitrogens with one attached hydrogen (secondary N) is 2. The molecule has 12 heteroatoms. The number of carbonyl (C=O) groups excluding carboxylic acids is 3. The lowest BCUT2D eigenvalue weighted by Crippen LogP contribution is -2.47. The second-order valence-electron chi connectivity index (χ2n) is 7.74. The Hall–Kier alpha value is -2.95. The first-order valence-electron chi connectivity index (χ1n) is 10.7. The van der Waals surface area contributed by atoms with Gasteiger partial charge in [0, 0.05) is 32.4 Å².